The number of aromatic nitrogens is 9. The number of anilines is 6. The molecule has 0 saturated carbocycles. The van der Waals surface area contributed by atoms with Gasteiger partial charge in [0.1, 0.15) is 76.5 Å². The third-order valence-electron chi connectivity index (χ3n) is 26.7. The molecule has 3 saturated heterocycles. The average Bonchev–Trinajstić information content (AvgIpc) is 0.700. The number of carbonyl (C=O) groups is 4. The molecule has 0 spiro atoms. The number of piperazine rings is 3. The van der Waals surface area contributed by atoms with E-state index in [1.165, 1.54) is 134 Å². The molecule has 5 aromatic carbocycles. The third kappa shape index (κ3) is 16.2. The Balaban J connectivity index is 0.000000151. The van der Waals surface area contributed by atoms with Crippen LogP contribution < -0.4 is 50.8 Å². The van der Waals surface area contributed by atoms with Gasteiger partial charge in [-0.05, 0) is 137 Å². The summed E-state index contributed by atoms with van der Waals surface area (Å²) in [6.07, 6.45) is 7.29. The zero-order valence-corrected chi connectivity index (χ0v) is 82.0. The lowest BCUT2D eigenvalue weighted by atomic mass is 9.95. The topological polar surface area (TPSA) is 325 Å². The summed E-state index contributed by atoms with van der Waals surface area (Å²) in [7, 11) is 2.38. The van der Waals surface area contributed by atoms with Crippen molar-refractivity contribution in [3.05, 3.63) is 244 Å². The lowest BCUT2D eigenvalue weighted by Crippen LogP contribution is -2.66. The molecular weight excluding hydrogens is 1880 g/mol. The summed E-state index contributed by atoms with van der Waals surface area (Å²) in [5.74, 6) is -7.27. The molecule has 7 aromatic heterocycles. The molecule has 12 aromatic rings. The summed E-state index contributed by atoms with van der Waals surface area (Å²) in [5, 5.41) is 22.9. The molecule has 0 bridgehead atoms. The summed E-state index contributed by atoms with van der Waals surface area (Å²) in [4.78, 5) is 138. The highest BCUT2D eigenvalue weighted by Gasteiger charge is 2.51. The Kier molecular flexibility index (Phi) is 26.6. The number of amides is 4. The van der Waals surface area contributed by atoms with Crippen LogP contribution in [0.25, 0.3) is 83.4 Å². The molecule has 6 aliphatic rings. The van der Waals surface area contributed by atoms with Crippen molar-refractivity contribution in [3.63, 3.8) is 0 Å². The lowest BCUT2D eigenvalue weighted by molar-refractivity contribution is -0.132. The van der Waals surface area contributed by atoms with Crippen molar-refractivity contribution in [3.8, 4) is 67.8 Å². The van der Waals surface area contributed by atoms with Crippen molar-refractivity contribution in [1.82, 2.24) is 57.7 Å². The van der Waals surface area contributed by atoms with Crippen molar-refractivity contribution < 1.29 is 64.5 Å². The predicted octanol–water partition coefficient (Wildman–Crippen LogP) is 15.9. The minimum absolute atomic E-state index is 0.000838. The van der Waals surface area contributed by atoms with Crippen LogP contribution in [-0.4, -0.2) is 210 Å². The molecule has 0 aliphatic carbocycles. The summed E-state index contributed by atoms with van der Waals surface area (Å²) in [6.45, 7) is 34.1. The highest BCUT2D eigenvalue weighted by molar-refractivity contribution is 7.92. The van der Waals surface area contributed by atoms with Crippen LogP contribution in [0.15, 0.2) is 149 Å². The van der Waals surface area contributed by atoms with Gasteiger partial charge in [0.25, 0.3) is 28.5 Å². The van der Waals surface area contributed by atoms with E-state index in [9.17, 15) is 52.2 Å². The Labute approximate surface area is 811 Å². The minimum atomic E-state index is -3.70. The molecule has 6 aliphatic heterocycles. The molecule has 0 radical (unpaired) electrons. The standard InChI is InChI=1S/C35H34ClF2N5O4.C34H33ClF2N6O4.C31H33ClFN7O4S/c1-7-19-12-13-39-29(17(3)4)30(19)43-31-20(14-21(36)26(28(31)38)27-22(37)10-9-11-24(27)44)32-33(35(43)47)40(6)34(46)23-16-41(25(45)8-2)18(5)15-42(23)32;1-8-24(44)41-14-22-33(45)40(6)32-31(42(22)13-17(41)4)19-12-20(35)25(26-21(36)10-9-11-23(26)47-7)27(37)30(19)43(34(32)46)29-18(5)38-15-39-28(29)16(2)3;1-7-45(43,44)39-14-19-13-37(6)29-28(38(19)12-17(39)4)20-11-21(32)26(24-22(33)9-8-10-23(24)41)36-30(20)40(31(29)42)27-18(5)34-15-35-25(27)16(2)3/h8-14,17-18,23,44H,2,7,15-16H2,1,3-6H3;8-12,15-17,22H,1,13-14H2,2-7H3;7-11,15-17,19,41H,1,12-14H2,2-6H3. The van der Waals surface area contributed by atoms with Gasteiger partial charge < -0.3 is 54.1 Å². The SMILES string of the molecule is C=CC(=O)N1CC2C(=O)N(C)c3c(c4cc(Cl)c(-c5c(F)cccc5OC)c(F)c4n(-c4c(C)ncnc4C(C)C)c3=O)N2CC1C.C=CC(=O)N1CC2C(=O)N(C)c3c(c4cc(Cl)c(-c5c(O)cccc5F)c(F)c4n(-c4c(CC)ccnc4C(C)C)c3=O)N2CC1C.C=CS(=O)(=O)N1CC2CN(C)c3c(c4cc(Cl)c(-c5c(O)cccc5F)nc4n(-c4c(C)ncnc4C(C)C)c3=O)N2CC1C. The number of fused-ring (bicyclic) bond motifs is 15. The highest BCUT2D eigenvalue weighted by atomic mass is 35.5. The molecule has 139 heavy (non-hydrogen) atoms. The smallest absolute Gasteiger partial charge is 0.282 e. The van der Waals surface area contributed by atoms with Gasteiger partial charge in [-0.15, -0.1) is 0 Å². The number of aromatic hydroxyl groups is 2. The number of benzene rings is 5. The van der Waals surface area contributed by atoms with Gasteiger partial charge in [-0.1, -0.05) is 121 Å². The maximum Gasteiger partial charge on any atom is 0.282 e. The van der Waals surface area contributed by atoms with Gasteiger partial charge >= 0.3 is 0 Å². The van der Waals surface area contributed by atoms with Crippen molar-refractivity contribution in [2.24, 2.45) is 0 Å². The quantitative estimate of drug-likeness (QED) is 0.0711. The van der Waals surface area contributed by atoms with E-state index < -0.39 is 115 Å². The molecule has 30 nitrogen and oxygen atoms in total. The molecule has 13 heterocycles. The number of pyridine rings is 5. The predicted molar refractivity (Wildman–Crippen MR) is 529 cm³/mol. The maximum atomic E-state index is 17.5. The number of sulfonamides is 1. The van der Waals surface area contributed by atoms with E-state index >= 15 is 22.0 Å². The van der Waals surface area contributed by atoms with Crippen molar-refractivity contribution in [2.45, 2.75) is 144 Å². The normalized spacial score (nSPS) is 18.0. The van der Waals surface area contributed by atoms with Crippen LogP contribution >= 0.6 is 34.8 Å². The lowest BCUT2D eigenvalue weighted by Gasteiger charge is -2.50. The number of likely N-dealkylation sites (N-methyl/N-ethyl adjacent to an activating group) is 3. The number of methoxy groups -OCH3 is 1. The van der Waals surface area contributed by atoms with Gasteiger partial charge in [-0.3, -0.25) is 52.2 Å². The fourth-order valence-corrected chi connectivity index (χ4v) is 22.1. The highest BCUT2D eigenvalue weighted by Crippen LogP contribution is 2.53. The molecule has 6 unspecified atom stereocenters. The molecule has 6 atom stereocenters. The van der Waals surface area contributed by atoms with E-state index in [0.717, 1.165) is 11.5 Å². The maximum absolute atomic E-state index is 17.5. The van der Waals surface area contributed by atoms with E-state index in [2.05, 4.69) is 44.7 Å². The summed E-state index contributed by atoms with van der Waals surface area (Å²) < 4.78 is 117. The van der Waals surface area contributed by atoms with Crippen LogP contribution in [0.1, 0.15) is 121 Å². The average molecular weight is 1980 g/mol. The molecular formula is C100H100Cl3F5N18O12S. The number of phenols is 2. The largest absolute Gasteiger partial charge is 0.507 e. The summed E-state index contributed by atoms with van der Waals surface area (Å²) in [5.41, 5.74) is 2.12. The molecule has 3 fully saturated rings. The van der Waals surface area contributed by atoms with Crippen LogP contribution in [0.4, 0.5) is 56.1 Å². The van der Waals surface area contributed by atoms with Gasteiger partial charge in [0.2, 0.25) is 21.8 Å². The fourth-order valence-electron chi connectivity index (χ4n) is 20.2. The number of hydrogen-bond acceptors (Lipinski definition) is 22. The minimum Gasteiger partial charge on any atom is -0.507 e. The van der Waals surface area contributed by atoms with Crippen molar-refractivity contribution >= 4 is 135 Å². The number of nitrogens with zero attached hydrogens (tertiary/aromatic N) is 18. The van der Waals surface area contributed by atoms with E-state index in [1.54, 1.807) is 58.8 Å². The van der Waals surface area contributed by atoms with Crippen LogP contribution in [0.3, 0.4) is 0 Å². The second-order valence-corrected chi connectivity index (χ2v) is 39.2. The summed E-state index contributed by atoms with van der Waals surface area (Å²) in [6, 6.07) is 14.6. The Hall–Kier alpha value is -13.7. The molecule has 18 rings (SSSR count). The fraction of sp³-hybridized carbons (Fsp3) is 0.330. The first-order chi connectivity index (χ1) is 65.9. The second kappa shape index (κ2) is 37.6. The Morgan fingerprint density at radius 2 is 0.942 bits per heavy atom. The van der Waals surface area contributed by atoms with Crippen LogP contribution in [0.5, 0.6) is 17.2 Å². The monoisotopic (exact) mass is 1980 g/mol. The van der Waals surface area contributed by atoms with E-state index in [0.29, 0.717) is 75.1 Å². The van der Waals surface area contributed by atoms with Gasteiger partial charge in [0.15, 0.2) is 17.3 Å². The zero-order chi connectivity index (χ0) is 101. The number of halogens is 8. The Morgan fingerprint density at radius 1 is 0.511 bits per heavy atom. The first kappa shape index (κ1) is 98.4. The number of ether oxygens (including phenoxy) is 1. The molecule has 4 amide bonds. The number of carbonyl (C=O) groups excluding carboxylic acids is 4. The van der Waals surface area contributed by atoms with Crippen LogP contribution in [0.2, 0.25) is 15.1 Å². The van der Waals surface area contributed by atoms with Gasteiger partial charge in [-0.25, -0.2) is 55.3 Å². The van der Waals surface area contributed by atoms with Crippen molar-refractivity contribution in [1.29, 1.82) is 0 Å². The van der Waals surface area contributed by atoms with Gasteiger partial charge in [0, 0.05) is 111 Å². The number of hydrogen-bond donors (Lipinski definition) is 2. The van der Waals surface area contributed by atoms with Crippen molar-refractivity contribution in [2.75, 3.05) is 103 Å². The molecule has 39 heteroatoms. The number of rotatable bonds is 15. The molecule has 724 valence electrons. The molecule has 2 N–H and O–H groups in total. The third-order valence-corrected chi connectivity index (χ3v) is 29.2. The van der Waals surface area contributed by atoms with Crippen LogP contribution in [0, 0.1) is 42.9 Å². The van der Waals surface area contributed by atoms with Gasteiger partial charge in [-0.2, -0.15) is 4.31 Å². The van der Waals surface area contributed by atoms with E-state index in [-0.39, 0.29) is 180 Å². The van der Waals surface area contributed by atoms with E-state index in [1.807, 2.05) is 79.0 Å². The first-order valence-corrected chi connectivity index (χ1v) is 47.5. The van der Waals surface area contributed by atoms with E-state index in [4.69, 9.17) is 44.5 Å². The summed E-state index contributed by atoms with van der Waals surface area (Å²) >= 11 is 20.5. The Morgan fingerprint density at radius 3 is 1.41 bits per heavy atom. The Bertz CT molecular complexity index is 7530. The number of aryl methyl sites for hydroxylation is 3. The van der Waals surface area contributed by atoms with Gasteiger partial charge in [0.05, 0.1) is 137 Å². The number of phenolic OH excluding ortho intramolecular Hbond substituents is 2. The first-order valence-electron chi connectivity index (χ1n) is 44.9. The second-order valence-electron chi connectivity index (χ2n) is 36.1. The van der Waals surface area contributed by atoms with Crippen LogP contribution in [-0.2, 0) is 35.6 Å². The zero-order valence-electron chi connectivity index (χ0n) is 78.9.